The van der Waals surface area contributed by atoms with Crippen molar-refractivity contribution in [3.8, 4) is 0 Å². The van der Waals surface area contributed by atoms with E-state index in [1.807, 2.05) is 6.92 Å². The molecule has 2 N–H and O–H groups in total. The molecule has 2 atom stereocenters. The van der Waals surface area contributed by atoms with E-state index in [1.165, 1.54) is 12.8 Å². The third kappa shape index (κ3) is 3.49. The Morgan fingerprint density at radius 2 is 2.33 bits per heavy atom. The fourth-order valence-electron chi connectivity index (χ4n) is 2.05. The van der Waals surface area contributed by atoms with Gasteiger partial charge in [0, 0.05) is 6.04 Å². The van der Waals surface area contributed by atoms with Crippen molar-refractivity contribution in [3.63, 3.8) is 0 Å². The third-order valence-corrected chi connectivity index (χ3v) is 3.24. The van der Waals surface area contributed by atoms with E-state index < -0.39 is 0 Å². The van der Waals surface area contributed by atoms with Crippen LogP contribution >= 0.6 is 0 Å². The maximum absolute atomic E-state index is 12.0. The smallest absolute Gasteiger partial charge is 0.240 e. The van der Waals surface area contributed by atoms with E-state index in [9.17, 15) is 4.79 Å². The van der Waals surface area contributed by atoms with Gasteiger partial charge in [0.15, 0.2) is 0 Å². The van der Waals surface area contributed by atoms with Crippen molar-refractivity contribution in [2.24, 2.45) is 0 Å². The number of hydrogen-bond donors (Lipinski definition) is 2. The summed E-state index contributed by atoms with van der Waals surface area (Å²) < 4.78 is 0. The van der Waals surface area contributed by atoms with Gasteiger partial charge in [0.1, 0.15) is 0 Å². The van der Waals surface area contributed by atoms with Crippen LogP contribution in [0.2, 0.25) is 0 Å². The summed E-state index contributed by atoms with van der Waals surface area (Å²) in [5.41, 5.74) is -0.319. The second-order valence-corrected chi connectivity index (χ2v) is 4.88. The molecule has 0 aromatic carbocycles. The van der Waals surface area contributed by atoms with Crippen LogP contribution in [0.25, 0.3) is 0 Å². The number of carbonyl (C=O) groups excluding carboxylic acids is 1. The number of nitrogens with one attached hydrogen (secondary N) is 2. The van der Waals surface area contributed by atoms with Crippen LogP contribution in [0, 0.1) is 0 Å². The van der Waals surface area contributed by atoms with Gasteiger partial charge < -0.3 is 10.6 Å². The van der Waals surface area contributed by atoms with Gasteiger partial charge in [-0.05, 0) is 39.7 Å². The summed E-state index contributed by atoms with van der Waals surface area (Å²) in [7, 11) is 0. The zero-order chi connectivity index (χ0) is 11.3. The van der Waals surface area contributed by atoms with Crippen molar-refractivity contribution >= 4 is 5.91 Å². The molecule has 1 heterocycles. The normalized spacial score (nSPS) is 27.7. The predicted octanol–water partition coefficient (Wildman–Crippen LogP) is 1.82. The van der Waals surface area contributed by atoms with Crippen LogP contribution in [0.5, 0.6) is 0 Å². The zero-order valence-electron chi connectivity index (χ0n) is 10.2. The Labute approximate surface area is 93.0 Å². The standard InChI is InChI=1S/C12H24N2O/c1-4-5-7-10(2)14-11(15)12(3)8-6-9-13-12/h10,13H,4-9H2,1-3H3,(H,14,15). The number of hydrogen-bond acceptors (Lipinski definition) is 2. The van der Waals surface area contributed by atoms with Crippen LogP contribution in [-0.2, 0) is 4.79 Å². The molecule has 1 fully saturated rings. The topological polar surface area (TPSA) is 41.1 Å². The maximum atomic E-state index is 12.0. The molecular weight excluding hydrogens is 188 g/mol. The van der Waals surface area contributed by atoms with Crippen LogP contribution in [0.15, 0.2) is 0 Å². The fourth-order valence-corrected chi connectivity index (χ4v) is 2.05. The van der Waals surface area contributed by atoms with E-state index in [0.717, 1.165) is 25.8 Å². The molecule has 1 aliphatic heterocycles. The molecule has 15 heavy (non-hydrogen) atoms. The van der Waals surface area contributed by atoms with Crippen LogP contribution in [0.3, 0.4) is 0 Å². The molecule has 0 spiro atoms. The van der Waals surface area contributed by atoms with Crippen LogP contribution in [0.1, 0.15) is 52.9 Å². The lowest BCUT2D eigenvalue weighted by Crippen LogP contribution is -2.53. The summed E-state index contributed by atoms with van der Waals surface area (Å²) in [6.45, 7) is 7.23. The second-order valence-electron chi connectivity index (χ2n) is 4.88. The van der Waals surface area contributed by atoms with Gasteiger partial charge in [-0.25, -0.2) is 0 Å². The molecule has 1 amide bonds. The number of unbranched alkanes of at least 4 members (excludes halogenated alkanes) is 1. The van der Waals surface area contributed by atoms with Crippen LogP contribution in [-0.4, -0.2) is 24.0 Å². The van der Waals surface area contributed by atoms with E-state index in [4.69, 9.17) is 0 Å². The summed E-state index contributed by atoms with van der Waals surface area (Å²) in [6, 6.07) is 0.302. The summed E-state index contributed by atoms with van der Waals surface area (Å²) in [4.78, 5) is 12.0. The molecule has 0 aromatic rings. The van der Waals surface area contributed by atoms with Crippen molar-refractivity contribution in [3.05, 3.63) is 0 Å². The lowest BCUT2D eigenvalue weighted by Gasteiger charge is -2.25. The first-order valence-corrected chi connectivity index (χ1v) is 6.14. The Hall–Kier alpha value is -0.570. The first-order chi connectivity index (χ1) is 7.08. The fraction of sp³-hybridized carbons (Fsp3) is 0.917. The van der Waals surface area contributed by atoms with Crippen molar-refractivity contribution in [2.45, 2.75) is 64.5 Å². The van der Waals surface area contributed by atoms with Gasteiger partial charge >= 0.3 is 0 Å². The highest BCUT2D eigenvalue weighted by Crippen LogP contribution is 2.18. The van der Waals surface area contributed by atoms with Crippen molar-refractivity contribution in [1.29, 1.82) is 0 Å². The molecule has 1 aliphatic rings. The van der Waals surface area contributed by atoms with Crippen molar-refractivity contribution in [2.75, 3.05) is 6.54 Å². The Morgan fingerprint density at radius 3 is 2.87 bits per heavy atom. The molecular formula is C12H24N2O. The van der Waals surface area contributed by atoms with Crippen LogP contribution in [0.4, 0.5) is 0 Å². The Balaban J connectivity index is 2.34. The molecule has 1 rings (SSSR count). The van der Waals surface area contributed by atoms with Gasteiger partial charge in [-0.1, -0.05) is 19.8 Å². The van der Waals surface area contributed by atoms with Gasteiger partial charge in [-0.2, -0.15) is 0 Å². The maximum Gasteiger partial charge on any atom is 0.240 e. The number of rotatable bonds is 5. The highest BCUT2D eigenvalue weighted by Gasteiger charge is 2.36. The summed E-state index contributed by atoms with van der Waals surface area (Å²) in [6.07, 6.45) is 5.52. The molecule has 0 saturated carbocycles. The molecule has 1 saturated heterocycles. The molecule has 3 nitrogen and oxygen atoms in total. The minimum atomic E-state index is -0.319. The lowest BCUT2D eigenvalue weighted by molar-refractivity contribution is -0.127. The Bertz CT molecular complexity index is 210. The minimum Gasteiger partial charge on any atom is -0.352 e. The quantitative estimate of drug-likeness (QED) is 0.730. The first kappa shape index (κ1) is 12.5. The second kappa shape index (κ2) is 5.50. The molecule has 3 heteroatoms. The molecule has 0 radical (unpaired) electrons. The van der Waals surface area contributed by atoms with Crippen LogP contribution < -0.4 is 10.6 Å². The molecule has 0 aromatic heterocycles. The Kier molecular flexibility index (Phi) is 4.58. The third-order valence-electron chi connectivity index (χ3n) is 3.24. The van der Waals surface area contributed by atoms with Crippen molar-refractivity contribution in [1.82, 2.24) is 10.6 Å². The average Bonchev–Trinajstić information content (AvgIpc) is 2.63. The average molecular weight is 212 g/mol. The number of amides is 1. The lowest BCUT2D eigenvalue weighted by atomic mass is 9.98. The monoisotopic (exact) mass is 212 g/mol. The van der Waals surface area contributed by atoms with E-state index in [0.29, 0.717) is 6.04 Å². The predicted molar refractivity (Wildman–Crippen MR) is 62.8 cm³/mol. The molecule has 0 aliphatic carbocycles. The zero-order valence-corrected chi connectivity index (χ0v) is 10.2. The van der Waals surface area contributed by atoms with Crippen molar-refractivity contribution < 1.29 is 4.79 Å². The van der Waals surface area contributed by atoms with E-state index in [1.54, 1.807) is 0 Å². The van der Waals surface area contributed by atoms with Gasteiger partial charge in [0.05, 0.1) is 5.54 Å². The number of carbonyl (C=O) groups is 1. The largest absolute Gasteiger partial charge is 0.352 e. The van der Waals surface area contributed by atoms with Gasteiger partial charge in [-0.3, -0.25) is 4.79 Å². The highest BCUT2D eigenvalue weighted by atomic mass is 16.2. The summed E-state index contributed by atoms with van der Waals surface area (Å²) >= 11 is 0. The van der Waals surface area contributed by atoms with E-state index in [2.05, 4.69) is 24.5 Å². The minimum absolute atomic E-state index is 0.170. The molecule has 88 valence electrons. The Morgan fingerprint density at radius 1 is 1.60 bits per heavy atom. The summed E-state index contributed by atoms with van der Waals surface area (Å²) in [5.74, 6) is 0.170. The van der Waals surface area contributed by atoms with Gasteiger partial charge in [-0.15, -0.1) is 0 Å². The van der Waals surface area contributed by atoms with Gasteiger partial charge in [0.2, 0.25) is 5.91 Å². The highest BCUT2D eigenvalue weighted by molar-refractivity contribution is 5.86. The first-order valence-electron chi connectivity index (χ1n) is 6.14. The SMILES string of the molecule is CCCCC(C)NC(=O)C1(C)CCCN1. The summed E-state index contributed by atoms with van der Waals surface area (Å²) in [5, 5.41) is 6.38. The molecule has 0 bridgehead atoms. The van der Waals surface area contributed by atoms with E-state index in [-0.39, 0.29) is 11.4 Å². The van der Waals surface area contributed by atoms with E-state index >= 15 is 0 Å². The molecule has 2 unspecified atom stereocenters. The van der Waals surface area contributed by atoms with Gasteiger partial charge in [0.25, 0.3) is 0 Å².